The molecule has 1 fully saturated rings. The first-order chi connectivity index (χ1) is 7.82. The monoisotopic (exact) mass is 252 g/mol. The lowest BCUT2D eigenvalue weighted by atomic mass is 9.70. The van der Waals surface area contributed by atoms with Gasteiger partial charge in [-0.3, -0.25) is 9.59 Å². The van der Waals surface area contributed by atoms with E-state index in [0.29, 0.717) is 12.8 Å². The molecule has 1 aliphatic rings. The van der Waals surface area contributed by atoms with Crippen LogP contribution in [-0.4, -0.2) is 24.5 Å². The zero-order valence-corrected chi connectivity index (χ0v) is 9.60. The molecule has 0 saturated heterocycles. The standard InChI is InChI=1S/C11H15F3O3/c1-2-17-9(16)10(7-11(12,13)14)6-4-3-5-8(10)15/h2-7H2,1H3. The van der Waals surface area contributed by atoms with Crippen LogP contribution in [0, 0.1) is 5.41 Å². The van der Waals surface area contributed by atoms with Gasteiger partial charge in [-0.25, -0.2) is 0 Å². The van der Waals surface area contributed by atoms with E-state index >= 15 is 0 Å². The van der Waals surface area contributed by atoms with Crippen LogP contribution in [0.5, 0.6) is 0 Å². The predicted octanol–water partition coefficient (Wildman–Crippen LogP) is 2.63. The number of carbonyl (C=O) groups excluding carboxylic acids is 2. The van der Waals surface area contributed by atoms with Crippen molar-refractivity contribution in [2.75, 3.05) is 6.61 Å². The number of hydrogen-bond acceptors (Lipinski definition) is 3. The minimum Gasteiger partial charge on any atom is -0.465 e. The smallest absolute Gasteiger partial charge is 0.390 e. The summed E-state index contributed by atoms with van der Waals surface area (Å²) >= 11 is 0. The van der Waals surface area contributed by atoms with Crippen molar-refractivity contribution in [3.05, 3.63) is 0 Å². The van der Waals surface area contributed by atoms with Gasteiger partial charge in [-0.05, 0) is 19.8 Å². The molecule has 0 radical (unpaired) electrons. The van der Waals surface area contributed by atoms with Gasteiger partial charge in [0, 0.05) is 6.42 Å². The third-order valence-corrected chi connectivity index (χ3v) is 2.96. The summed E-state index contributed by atoms with van der Waals surface area (Å²) < 4.78 is 42.1. The summed E-state index contributed by atoms with van der Waals surface area (Å²) in [6.45, 7) is 1.48. The molecule has 1 unspecified atom stereocenters. The van der Waals surface area contributed by atoms with Crippen LogP contribution in [0.15, 0.2) is 0 Å². The van der Waals surface area contributed by atoms with Crippen molar-refractivity contribution in [3.8, 4) is 0 Å². The molecule has 0 spiro atoms. The third kappa shape index (κ3) is 3.20. The van der Waals surface area contributed by atoms with Gasteiger partial charge in [0.1, 0.15) is 5.41 Å². The van der Waals surface area contributed by atoms with Crippen molar-refractivity contribution in [2.45, 2.75) is 45.2 Å². The lowest BCUT2D eigenvalue weighted by Gasteiger charge is -2.33. The molecule has 1 rings (SSSR count). The third-order valence-electron chi connectivity index (χ3n) is 2.96. The van der Waals surface area contributed by atoms with Crippen LogP contribution in [0.4, 0.5) is 13.2 Å². The number of rotatable bonds is 3. The fraction of sp³-hybridized carbons (Fsp3) is 0.818. The zero-order chi connectivity index (χ0) is 13.1. The fourth-order valence-electron chi connectivity index (χ4n) is 2.18. The van der Waals surface area contributed by atoms with Crippen LogP contribution in [0.2, 0.25) is 0 Å². The van der Waals surface area contributed by atoms with E-state index in [1.807, 2.05) is 0 Å². The number of esters is 1. The highest BCUT2D eigenvalue weighted by Gasteiger charge is 2.54. The number of carbonyl (C=O) groups is 2. The van der Waals surface area contributed by atoms with Gasteiger partial charge in [0.25, 0.3) is 0 Å². The molecular weight excluding hydrogens is 237 g/mol. The summed E-state index contributed by atoms with van der Waals surface area (Å²) in [5, 5.41) is 0. The quantitative estimate of drug-likeness (QED) is 0.573. The van der Waals surface area contributed by atoms with Crippen LogP contribution < -0.4 is 0 Å². The summed E-state index contributed by atoms with van der Waals surface area (Å²) in [7, 11) is 0. The maximum Gasteiger partial charge on any atom is 0.390 e. The molecule has 6 heteroatoms. The number of ether oxygens (including phenoxy) is 1. The van der Waals surface area contributed by atoms with Gasteiger partial charge < -0.3 is 4.74 Å². The molecule has 0 N–H and O–H groups in total. The molecule has 0 amide bonds. The number of hydrogen-bond donors (Lipinski definition) is 0. The Morgan fingerprint density at radius 3 is 2.53 bits per heavy atom. The van der Waals surface area contributed by atoms with Gasteiger partial charge in [0.05, 0.1) is 13.0 Å². The minimum absolute atomic E-state index is 0.0221. The average molecular weight is 252 g/mol. The molecule has 3 nitrogen and oxygen atoms in total. The number of ketones is 1. The van der Waals surface area contributed by atoms with Gasteiger partial charge in [-0.15, -0.1) is 0 Å². The second-order valence-electron chi connectivity index (χ2n) is 4.22. The summed E-state index contributed by atoms with van der Waals surface area (Å²) in [6.07, 6.45) is -5.00. The summed E-state index contributed by atoms with van der Waals surface area (Å²) in [5.74, 6) is -1.67. The van der Waals surface area contributed by atoms with Gasteiger partial charge in [0.15, 0.2) is 5.78 Å². The predicted molar refractivity (Wildman–Crippen MR) is 53.2 cm³/mol. The first-order valence-electron chi connectivity index (χ1n) is 5.59. The largest absolute Gasteiger partial charge is 0.465 e. The Hall–Kier alpha value is -1.07. The Morgan fingerprint density at radius 1 is 1.41 bits per heavy atom. The molecule has 0 bridgehead atoms. The van der Waals surface area contributed by atoms with E-state index in [1.165, 1.54) is 6.92 Å². The Labute approximate surface area is 97.3 Å². The molecular formula is C11H15F3O3. The van der Waals surface area contributed by atoms with E-state index in [9.17, 15) is 22.8 Å². The van der Waals surface area contributed by atoms with Crippen molar-refractivity contribution in [3.63, 3.8) is 0 Å². The lowest BCUT2D eigenvalue weighted by Crippen LogP contribution is -2.46. The van der Waals surface area contributed by atoms with Gasteiger partial charge >= 0.3 is 12.1 Å². The minimum atomic E-state index is -4.54. The normalized spacial score (nSPS) is 25.8. The molecule has 1 aliphatic carbocycles. The Morgan fingerprint density at radius 2 is 2.06 bits per heavy atom. The Bertz CT molecular complexity index is 312. The topological polar surface area (TPSA) is 43.4 Å². The number of alkyl halides is 3. The number of halogens is 3. The van der Waals surface area contributed by atoms with Gasteiger partial charge in [-0.1, -0.05) is 6.42 Å². The second kappa shape index (κ2) is 5.06. The van der Waals surface area contributed by atoms with Crippen LogP contribution in [-0.2, 0) is 14.3 Å². The van der Waals surface area contributed by atoms with Crippen molar-refractivity contribution in [1.29, 1.82) is 0 Å². The van der Waals surface area contributed by atoms with Crippen molar-refractivity contribution < 1.29 is 27.5 Å². The van der Waals surface area contributed by atoms with E-state index in [0.717, 1.165) is 0 Å². The van der Waals surface area contributed by atoms with E-state index in [4.69, 9.17) is 0 Å². The van der Waals surface area contributed by atoms with E-state index in [-0.39, 0.29) is 19.4 Å². The van der Waals surface area contributed by atoms with Gasteiger partial charge in [-0.2, -0.15) is 13.2 Å². The highest BCUT2D eigenvalue weighted by atomic mass is 19.4. The molecule has 0 aromatic rings. The molecule has 0 aromatic carbocycles. The number of Topliss-reactive ketones (excluding diaryl/α,β-unsaturated/α-hetero) is 1. The summed E-state index contributed by atoms with van der Waals surface area (Å²) in [4.78, 5) is 23.4. The van der Waals surface area contributed by atoms with Crippen molar-refractivity contribution in [1.82, 2.24) is 0 Å². The Kier molecular flexibility index (Phi) is 4.16. The molecule has 1 saturated carbocycles. The molecule has 1 atom stereocenters. The van der Waals surface area contributed by atoms with E-state index < -0.39 is 29.8 Å². The second-order valence-corrected chi connectivity index (χ2v) is 4.22. The molecule has 98 valence electrons. The van der Waals surface area contributed by atoms with E-state index in [2.05, 4.69) is 4.74 Å². The summed E-state index contributed by atoms with van der Waals surface area (Å²) in [6, 6.07) is 0. The Balaban J connectivity index is 2.98. The lowest BCUT2D eigenvalue weighted by molar-refractivity contribution is -0.188. The fourth-order valence-corrected chi connectivity index (χ4v) is 2.18. The van der Waals surface area contributed by atoms with Crippen molar-refractivity contribution in [2.24, 2.45) is 5.41 Å². The highest BCUT2D eigenvalue weighted by Crippen LogP contribution is 2.43. The molecule has 17 heavy (non-hydrogen) atoms. The van der Waals surface area contributed by atoms with E-state index in [1.54, 1.807) is 0 Å². The van der Waals surface area contributed by atoms with Crippen molar-refractivity contribution >= 4 is 11.8 Å². The highest BCUT2D eigenvalue weighted by molar-refractivity contribution is 6.04. The summed E-state index contributed by atoms with van der Waals surface area (Å²) in [5.41, 5.74) is -1.99. The maximum absolute atomic E-state index is 12.5. The first-order valence-corrected chi connectivity index (χ1v) is 5.59. The molecule has 0 heterocycles. The maximum atomic E-state index is 12.5. The van der Waals surface area contributed by atoms with Crippen LogP contribution >= 0.6 is 0 Å². The first kappa shape index (κ1) is 14.0. The van der Waals surface area contributed by atoms with Gasteiger partial charge in [0.2, 0.25) is 0 Å². The van der Waals surface area contributed by atoms with Crippen LogP contribution in [0.1, 0.15) is 39.0 Å². The van der Waals surface area contributed by atoms with Crippen LogP contribution in [0.3, 0.4) is 0 Å². The van der Waals surface area contributed by atoms with Crippen LogP contribution in [0.25, 0.3) is 0 Å². The SMILES string of the molecule is CCOC(=O)C1(CC(F)(F)F)CCCCC1=O. The molecule has 0 aromatic heterocycles. The zero-order valence-electron chi connectivity index (χ0n) is 9.60. The molecule has 0 aliphatic heterocycles. The average Bonchev–Trinajstić information content (AvgIpc) is 2.20.